The number of amides is 4. The van der Waals surface area contributed by atoms with Crippen molar-refractivity contribution in [2.75, 3.05) is 0 Å². The molecule has 1 aromatic heterocycles. The van der Waals surface area contributed by atoms with Crippen LogP contribution in [0.1, 0.15) is 37.7 Å². The largest absolute Gasteiger partial charge is 0.467 e. The van der Waals surface area contributed by atoms with Crippen LogP contribution in [0, 0.1) is 12.8 Å². The molecule has 0 atom stereocenters. The van der Waals surface area contributed by atoms with Gasteiger partial charge in [-0.15, -0.1) is 0 Å². The Bertz CT molecular complexity index is 1290. The fourth-order valence-electron chi connectivity index (χ4n) is 5.06. The zero-order chi connectivity index (χ0) is 25.3. The topological polar surface area (TPSA) is 112 Å². The fourth-order valence-corrected chi connectivity index (χ4v) is 5.06. The number of hydrogen-bond donors (Lipinski definition) is 2. The molecule has 9 heteroatoms. The van der Waals surface area contributed by atoms with Crippen molar-refractivity contribution < 1.29 is 23.9 Å². The number of aryl methyl sites for hydroxylation is 2. The molecule has 9 nitrogen and oxygen atoms in total. The molecule has 2 heterocycles. The number of imide groups is 2. The van der Waals surface area contributed by atoms with Gasteiger partial charge >= 0.3 is 6.03 Å². The van der Waals surface area contributed by atoms with Crippen molar-refractivity contribution in [2.24, 2.45) is 13.0 Å². The molecule has 1 aliphatic carbocycles. The summed E-state index contributed by atoms with van der Waals surface area (Å²) in [4.78, 5) is 37.6. The first-order valence-corrected chi connectivity index (χ1v) is 12.1. The molecule has 4 amide bonds. The second-order valence-electron chi connectivity index (χ2n) is 9.36. The van der Waals surface area contributed by atoms with Gasteiger partial charge in [0.25, 0.3) is 17.4 Å². The zero-order valence-electron chi connectivity index (χ0n) is 20.2. The van der Waals surface area contributed by atoms with E-state index in [9.17, 15) is 14.4 Å². The Hall–Kier alpha value is -4.14. The number of carbonyl (C=O) groups excluding carboxylic acids is 3. The number of ether oxygens (including phenoxy) is 2. The standard InChI is InChI=1S/C27H28N4O5/c1-17-14-22(12-13-23(17)18-15-28-31(2)16-18)35-20-8-10-21(11-9-20)36-27(19-6-4-3-5-7-19)24(32)29-26(34)30-25(27)33/h8-16,19H,3-7H2,1-2H3,(H2,29,30,32,33,34). The number of hydrogen-bond acceptors (Lipinski definition) is 6. The minimum absolute atomic E-state index is 0.323. The highest BCUT2D eigenvalue weighted by Crippen LogP contribution is 2.38. The second kappa shape index (κ2) is 9.49. The number of carbonyl (C=O) groups is 3. The van der Waals surface area contributed by atoms with Crippen LogP contribution in [-0.2, 0) is 16.6 Å². The van der Waals surface area contributed by atoms with Crippen LogP contribution in [0.5, 0.6) is 17.2 Å². The molecule has 186 valence electrons. The summed E-state index contributed by atoms with van der Waals surface area (Å²) in [7, 11) is 1.88. The number of aromatic nitrogens is 2. The molecule has 0 bridgehead atoms. The van der Waals surface area contributed by atoms with Crippen molar-refractivity contribution in [3.05, 3.63) is 60.4 Å². The van der Waals surface area contributed by atoms with Crippen LogP contribution in [0.4, 0.5) is 4.79 Å². The molecule has 3 aromatic rings. The third-order valence-electron chi connectivity index (χ3n) is 6.86. The Balaban J connectivity index is 1.34. The van der Waals surface area contributed by atoms with Gasteiger partial charge in [0, 0.05) is 24.7 Å². The van der Waals surface area contributed by atoms with Gasteiger partial charge in [-0.25, -0.2) is 4.79 Å². The number of nitrogens with zero attached hydrogens (tertiary/aromatic N) is 2. The van der Waals surface area contributed by atoms with Gasteiger partial charge in [0.05, 0.1) is 6.20 Å². The quantitative estimate of drug-likeness (QED) is 0.502. The Kier molecular flexibility index (Phi) is 6.22. The van der Waals surface area contributed by atoms with Gasteiger partial charge in [0.2, 0.25) is 0 Å². The summed E-state index contributed by atoms with van der Waals surface area (Å²) in [6.07, 6.45) is 7.97. The van der Waals surface area contributed by atoms with E-state index >= 15 is 0 Å². The van der Waals surface area contributed by atoms with Crippen molar-refractivity contribution in [3.63, 3.8) is 0 Å². The van der Waals surface area contributed by atoms with Crippen LogP contribution in [0.25, 0.3) is 11.1 Å². The van der Waals surface area contributed by atoms with E-state index < -0.39 is 23.4 Å². The van der Waals surface area contributed by atoms with Gasteiger partial charge in [0.15, 0.2) is 0 Å². The van der Waals surface area contributed by atoms with E-state index in [4.69, 9.17) is 9.47 Å². The van der Waals surface area contributed by atoms with Crippen LogP contribution in [-0.4, -0.2) is 33.2 Å². The zero-order valence-corrected chi connectivity index (χ0v) is 20.2. The highest BCUT2D eigenvalue weighted by atomic mass is 16.5. The van der Waals surface area contributed by atoms with E-state index in [1.54, 1.807) is 28.9 Å². The van der Waals surface area contributed by atoms with E-state index in [2.05, 4.69) is 15.7 Å². The van der Waals surface area contributed by atoms with E-state index in [-0.39, 0.29) is 5.92 Å². The van der Waals surface area contributed by atoms with Crippen LogP contribution < -0.4 is 20.1 Å². The first-order chi connectivity index (χ1) is 17.3. The predicted octanol–water partition coefficient (Wildman–Crippen LogP) is 4.25. The summed E-state index contributed by atoms with van der Waals surface area (Å²) in [5.41, 5.74) is 1.39. The van der Waals surface area contributed by atoms with Crippen molar-refractivity contribution >= 4 is 17.8 Å². The lowest BCUT2D eigenvalue weighted by Gasteiger charge is -2.41. The molecule has 2 fully saturated rings. The maximum absolute atomic E-state index is 13.0. The molecule has 1 saturated heterocycles. The molecule has 0 radical (unpaired) electrons. The first kappa shape index (κ1) is 23.6. The number of nitrogens with one attached hydrogen (secondary N) is 2. The third kappa shape index (κ3) is 4.44. The number of rotatable bonds is 6. The van der Waals surface area contributed by atoms with Gasteiger partial charge in [0.1, 0.15) is 17.2 Å². The molecule has 36 heavy (non-hydrogen) atoms. The van der Waals surface area contributed by atoms with Crippen molar-refractivity contribution in [2.45, 2.75) is 44.6 Å². The van der Waals surface area contributed by atoms with E-state index in [0.29, 0.717) is 30.1 Å². The molecule has 1 saturated carbocycles. The predicted molar refractivity (Wildman–Crippen MR) is 132 cm³/mol. The van der Waals surface area contributed by atoms with Crippen LogP contribution in [0.3, 0.4) is 0 Å². The fraction of sp³-hybridized carbons (Fsp3) is 0.333. The lowest BCUT2D eigenvalue weighted by Crippen LogP contribution is -2.72. The maximum Gasteiger partial charge on any atom is 0.328 e. The lowest BCUT2D eigenvalue weighted by atomic mass is 9.75. The monoisotopic (exact) mass is 488 g/mol. The Morgan fingerprint density at radius 2 is 1.56 bits per heavy atom. The number of benzene rings is 2. The average molecular weight is 489 g/mol. The summed E-state index contributed by atoms with van der Waals surface area (Å²) >= 11 is 0. The van der Waals surface area contributed by atoms with E-state index in [1.807, 2.05) is 44.6 Å². The van der Waals surface area contributed by atoms with Gasteiger partial charge in [-0.3, -0.25) is 24.9 Å². The average Bonchev–Trinajstić information content (AvgIpc) is 3.29. The SMILES string of the molecule is Cc1cc(Oc2ccc(OC3(C4CCCCC4)C(=O)NC(=O)NC3=O)cc2)ccc1-c1cnn(C)c1. The number of urea groups is 1. The first-order valence-electron chi connectivity index (χ1n) is 12.1. The highest BCUT2D eigenvalue weighted by molar-refractivity contribution is 6.22. The molecule has 5 rings (SSSR count). The number of barbiturate groups is 1. The van der Waals surface area contributed by atoms with E-state index in [0.717, 1.165) is 36.0 Å². The van der Waals surface area contributed by atoms with Gasteiger partial charge in [-0.2, -0.15) is 5.10 Å². The van der Waals surface area contributed by atoms with Crippen molar-refractivity contribution in [1.82, 2.24) is 20.4 Å². The van der Waals surface area contributed by atoms with Gasteiger partial charge in [-0.1, -0.05) is 25.3 Å². The lowest BCUT2D eigenvalue weighted by molar-refractivity contribution is -0.158. The molecule has 0 spiro atoms. The summed E-state index contributed by atoms with van der Waals surface area (Å²) in [5.74, 6) is -0.153. The van der Waals surface area contributed by atoms with Gasteiger partial charge in [-0.05, 0) is 67.3 Å². The molecule has 2 aliphatic rings. The minimum Gasteiger partial charge on any atom is -0.467 e. The maximum atomic E-state index is 13.0. The summed E-state index contributed by atoms with van der Waals surface area (Å²) < 4.78 is 13.9. The molecule has 0 unspecified atom stereocenters. The summed E-state index contributed by atoms with van der Waals surface area (Å²) in [5, 5.41) is 8.67. The molecular weight excluding hydrogens is 460 g/mol. The minimum atomic E-state index is -1.78. The van der Waals surface area contributed by atoms with Crippen LogP contribution >= 0.6 is 0 Å². The van der Waals surface area contributed by atoms with E-state index in [1.165, 1.54) is 0 Å². The smallest absolute Gasteiger partial charge is 0.328 e. The molecular formula is C27H28N4O5. The van der Waals surface area contributed by atoms with Crippen molar-refractivity contribution in [3.8, 4) is 28.4 Å². The highest BCUT2D eigenvalue weighted by Gasteiger charge is 2.58. The van der Waals surface area contributed by atoms with Crippen LogP contribution in [0.15, 0.2) is 54.9 Å². The molecule has 1 aliphatic heterocycles. The second-order valence-corrected chi connectivity index (χ2v) is 9.36. The van der Waals surface area contributed by atoms with Crippen LogP contribution in [0.2, 0.25) is 0 Å². The summed E-state index contributed by atoms with van der Waals surface area (Å²) in [6.45, 7) is 2.02. The Morgan fingerprint density at radius 1 is 0.917 bits per heavy atom. The molecule has 2 aromatic carbocycles. The molecule has 2 N–H and O–H groups in total. The Morgan fingerprint density at radius 3 is 2.17 bits per heavy atom. The normalized spacial score (nSPS) is 17.9. The van der Waals surface area contributed by atoms with Gasteiger partial charge < -0.3 is 9.47 Å². The summed E-state index contributed by atoms with van der Waals surface area (Å²) in [6, 6.07) is 11.8. The Labute approximate surface area is 208 Å². The van der Waals surface area contributed by atoms with Crippen molar-refractivity contribution in [1.29, 1.82) is 0 Å². The third-order valence-corrected chi connectivity index (χ3v) is 6.86.